The number of carbonyl (C=O) groups excluding carboxylic acids is 4. The van der Waals surface area contributed by atoms with Crippen molar-refractivity contribution in [3.63, 3.8) is 0 Å². The SMILES string of the molecule is COC(=O)[C@@H]1O[C@@H](OC)[C@H](NC(=O)C(Cl)(Cl)Cl)[C@@H](OCc2ccccc2)[C@H]1O[C@@H]1O[C@H](C)[C@H](N=[N+]=[N-])[C@H](OC(C)=O)[C@H]1NC(=O)C(Cl)(Cl)Cl. The number of azide groups is 1. The zero-order chi connectivity index (χ0) is 36.7. The van der Waals surface area contributed by atoms with Gasteiger partial charge in [-0.2, -0.15) is 0 Å². The van der Waals surface area contributed by atoms with Crippen molar-refractivity contribution in [1.82, 2.24) is 10.6 Å². The number of hydrogen-bond donors (Lipinski definition) is 2. The molecular formula is C27H31Cl6N5O11. The predicted octanol–water partition coefficient (Wildman–Crippen LogP) is 3.57. The molecule has 2 heterocycles. The topological polar surface area (TPSA) is 206 Å². The van der Waals surface area contributed by atoms with E-state index in [2.05, 4.69) is 20.7 Å². The van der Waals surface area contributed by atoms with Gasteiger partial charge in [0.1, 0.15) is 36.4 Å². The molecule has 2 amide bonds. The van der Waals surface area contributed by atoms with Crippen LogP contribution in [0.3, 0.4) is 0 Å². The van der Waals surface area contributed by atoms with Gasteiger partial charge in [0.25, 0.3) is 19.4 Å². The fourth-order valence-electron chi connectivity index (χ4n) is 5.06. The van der Waals surface area contributed by atoms with Crippen LogP contribution >= 0.6 is 69.6 Å². The normalized spacial score (nSPS) is 30.3. The number of alkyl halides is 6. The van der Waals surface area contributed by atoms with E-state index in [0.29, 0.717) is 5.56 Å². The lowest BCUT2D eigenvalue weighted by Crippen LogP contribution is -2.70. The molecule has 0 spiro atoms. The van der Waals surface area contributed by atoms with Crippen LogP contribution in [0.2, 0.25) is 0 Å². The van der Waals surface area contributed by atoms with Gasteiger partial charge in [-0.05, 0) is 18.0 Å². The molecule has 0 unspecified atom stereocenters. The van der Waals surface area contributed by atoms with Crippen LogP contribution in [-0.4, -0.2) is 107 Å². The Labute approximate surface area is 310 Å². The number of amides is 2. The number of methoxy groups -OCH3 is 2. The molecule has 0 aliphatic carbocycles. The Hall–Kier alpha value is -2.05. The van der Waals surface area contributed by atoms with Crippen molar-refractivity contribution in [2.75, 3.05) is 14.2 Å². The van der Waals surface area contributed by atoms with Crippen LogP contribution in [0.25, 0.3) is 10.4 Å². The summed E-state index contributed by atoms with van der Waals surface area (Å²) in [5.41, 5.74) is 9.91. The first kappa shape index (κ1) is 41.4. The molecule has 2 N–H and O–H groups in total. The van der Waals surface area contributed by atoms with Gasteiger partial charge in [-0.1, -0.05) is 105 Å². The van der Waals surface area contributed by atoms with Crippen molar-refractivity contribution >= 4 is 93.4 Å². The average molecular weight is 814 g/mol. The van der Waals surface area contributed by atoms with E-state index < -0.39 is 92.6 Å². The Balaban J connectivity index is 2.18. The first-order chi connectivity index (χ1) is 22.9. The summed E-state index contributed by atoms with van der Waals surface area (Å²) in [7, 11) is 2.29. The molecule has 2 aliphatic rings. The van der Waals surface area contributed by atoms with Gasteiger partial charge in [-0.25, -0.2) is 4.79 Å². The van der Waals surface area contributed by atoms with Crippen molar-refractivity contribution in [2.24, 2.45) is 5.11 Å². The summed E-state index contributed by atoms with van der Waals surface area (Å²) < 4.78 is 35.4. The first-order valence-electron chi connectivity index (χ1n) is 14.1. The van der Waals surface area contributed by atoms with Gasteiger partial charge in [0.15, 0.2) is 18.7 Å². The number of nitrogens with zero attached hydrogens (tertiary/aromatic N) is 3. The molecule has 2 saturated heterocycles. The van der Waals surface area contributed by atoms with E-state index in [0.717, 1.165) is 14.0 Å². The molecule has 1 aromatic rings. The van der Waals surface area contributed by atoms with E-state index in [-0.39, 0.29) is 6.61 Å². The molecule has 3 rings (SSSR count). The van der Waals surface area contributed by atoms with E-state index in [1.54, 1.807) is 30.3 Å². The quantitative estimate of drug-likeness (QED) is 0.109. The third-order valence-corrected chi connectivity index (χ3v) is 8.23. The molecule has 22 heteroatoms. The molecule has 0 aromatic heterocycles. The Morgan fingerprint density at radius 2 is 1.47 bits per heavy atom. The third-order valence-electron chi connectivity index (χ3n) is 7.20. The number of halogens is 6. The lowest BCUT2D eigenvalue weighted by Gasteiger charge is -2.49. The standard InChI is InChI=1S/C27H31Cl6N5O11/c1-11-14(37-38-34)17(47-12(2)39)15(35-24(41)26(28,29)30)23(46-11)48-19-18(45-10-13-8-6-5-7-9-13)16(36-25(42)27(31,32)33)22(44-4)49-20(19)21(40)43-3/h5-9,11,14-20,22-23H,10H2,1-4H3,(H,35,41)(H,36,42)/t11-,14+,15-,16-,17+,18-,19-,20-,22-,23+/m1/s1. The molecule has 2 aliphatic heterocycles. The fourth-order valence-corrected chi connectivity index (χ4v) is 5.39. The summed E-state index contributed by atoms with van der Waals surface area (Å²) in [5.74, 6) is -4.15. The summed E-state index contributed by atoms with van der Waals surface area (Å²) in [5, 5.41) is 8.55. The summed E-state index contributed by atoms with van der Waals surface area (Å²) >= 11 is 35.0. The molecule has 0 saturated carbocycles. The molecule has 10 atom stereocenters. The van der Waals surface area contributed by atoms with Crippen LogP contribution < -0.4 is 10.6 Å². The maximum absolute atomic E-state index is 13.2. The van der Waals surface area contributed by atoms with E-state index >= 15 is 0 Å². The molecule has 16 nitrogen and oxygen atoms in total. The number of ether oxygens (including phenoxy) is 7. The molecule has 49 heavy (non-hydrogen) atoms. The Bertz CT molecular complexity index is 1380. The summed E-state index contributed by atoms with van der Waals surface area (Å²) in [4.78, 5) is 54.1. The molecule has 2 fully saturated rings. The lowest BCUT2D eigenvalue weighted by atomic mass is 9.93. The highest BCUT2D eigenvalue weighted by Gasteiger charge is 2.56. The van der Waals surface area contributed by atoms with Crippen LogP contribution in [-0.2, 0) is 58.9 Å². The molecule has 0 radical (unpaired) electrons. The van der Waals surface area contributed by atoms with Gasteiger partial charge in [-0.3, -0.25) is 14.4 Å². The fraction of sp³-hybridized carbons (Fsp3) is 0.630. The summed E-state index contributed by atoms with van der Waals surface area (Å²) in [6, 6.07) is 4.59. The number of rotatable bonds is 11. The highest BCUT2D eigenvalue weighted by Crippen LogP contribution is 2.36. The van der Waals surface area contributed by atoms with E-state index in [9.17, 15) is 24.7 Å². The second kappa shape index (κ2) is 17.9. The second-order valence-electron chi connectivity index (χ2n) is 10.5. The third kappa shape index (κ3) is 11.0. The number of benzene rings is 1. The van der Waals surface area contributed by atoms with Gasteiger partial charge in [-0.15, -0.1) is 0 Å². The zero-order valence-electron chi connectivity index (χ0n) is 26.0. The minimum Gasteiger partial charge on any atom is -0.467 e. The van der Waals surface area contributed by atoms with Gasteiger partial charge >= 0.3 is 11.9 Å². The average Bonchev–Trinajstić information content (AvgIpc) is 3.02. The smallest absolute Gasteiger partial charge is 0.337 e. The molecule has 0 bridgehead atoms. The van der Waals surface area contributed by atoms with Crippen molar-refractivity contribution in [3.05, 3.63) is 46.3 Å². The van der Waals surface area contributed by atoms with E-state index in [1.165, 1.54) is 14.0 Å². The van der Waals surface area contributed by atoms with Crippen LogP contribution in [0, 0.1) is 0 Å². The highest BCUT2D eigenvalue weighted by atomic mass is 35.6. The van der Waals surface area contributed by atoms with Crippen LogP contribution in [0.5, 0.6) is 0 Å². The number of hydrogen-bond acceptors (Lipinski definition) is 12. The van der Waals surface area contributed by atoms with Crippen molar-refractivity contribution in [2.45, 2.75) is 89.3 Å². The minimum atomic E-state index is -2.54. The van der Waals surface area contributed by atoms with Crippen LogP contribution in [0.15, 0.2) is 35.4 Å². The number of carbonyl (C=O) groups is 4. The maximum atomic E-state index is 13.2. The predicted molar refractivity (Wildman–Crippen MR) is 175 cm³/mol. The Morgan fingerprint density at radius 3 is 1.96 bits per heavy atom. The van der Waals surface area contributed by atoms with Crippen molar-refractivity contribution < 1.29 is 52.3 Å². The lowest BCUT2D eigenvalue weighted by molar-refractivity contribution is -0.318. The van der Waals surface area contributed by atoms with Crippen LogP contribution in [0.4, 0.5) is 0 Å². The second-order valence-corrected chi connectivity index (χ2v) is 15.1. The first-order valence-corrected chi connectivity index (χ1v) is 16.4. The minimum absolute atomic E-state index is 0.125. The number of nitrogens with one attached hydrogen (secondary N) is 2. The molecule has 1 aromatic carbocycles. The maximum Gasteiger partial charge on any atom is 0.337 e. The summed E-state index contributed by atoms with van der Waals surface area (Å²) in [6.45, 7) is 2.40. The largest absolute Gasteiger partial charge is 0.467 e. The molecule has 272 valence electrons. The van der Waals surface area contributed by atoms with Gasteiger partial charge in [0.05, 0.1) is 19.8 Å². The van der Waals surface area contributed by atoms with Gasteiger partial charge < -0.3 is 43.8 Å². The van der Waals surface area contributed by atoms with Crippen LogP contribution in [0.1, 0.15) is 19.4 Å². The zero-order valence-corrected chi connectivity index (χ0v) is 30.5. The highest BCUT2D eigenvalue weighted by molar-refractivity contribution is 6.76. The van der Waals surface area contributed by atoms with Crippen molar-refractivity contribution in [1.29, 1.82) is 0 Å². The van der Waals surface area contributed by atoms with E-state index in [4.69, 9.17) is 103 Å². The monoisotopic (exact) mass is 811 g/mol. The summed E-state index contributed by atoms with van der Waals surface area (Å²) in [6.07, 6.45) is -10.3. The van der Waals surface area contributed by atoms with E-state index in [1.807, 2.05) is 0 Å². The molecular weight excluding hydrogens is 783 g/mol. The van der Waals surface area contributed by atoms with Gasteiger partial charge in [0.2, 0.25) is 0 Å². The van der Waals surface area contributed by atoms with Crippen molar-refractivity contribution in [3.8, 4) is 0 Å². The number of esters is 2. The Morgan fingerprint density at radius 1 is 0.898 bits per heavy atom. The van der Waals surface area contributed by atoms with Gasteiger partial charge in [0, 0.05) is 18.9 Å². The Kier molecular flexibility index (Phi) is 15.1.